The molecule has 0 aromatic heterocycles. The van der Waals surface area contributed by atoms with Crippen LogP contribution in [0.15, 0.2) is 18.2 Å². The van der Waals surface area contributed by atoms with Crippen LogP contribution in [0.3, 0.4) is 0 Å². The molecule has 9 heteroatoms. The van der Waals surface area contributed by atoms with Gasteiger partial charge in [0, 0.05) is 0 Å². The van der Waals surface area contributed by atoms with E-state index in [9.17, 15) is 4.57 Å². The summed E-state index contributed by atoms with van der Waals surface area (Å²) in [4.78, 5) is 0. The molecule has 1 heterocycles. The van der Waals surface area contributed by atoms with Crippen molar-refractivity contribution < 1.29 is 37.3 Å². The van der Waals surface area contributed by atoms with Crippen LogP contribution in [0.2, 0.25) is 0 Å². The van der Waals surface area contributed by atoms with E-state index in [1.54, 1.807) is 0 Å². The third-order valence-electron chi connectivity index (χ3n) is 6.29. The van der Waals surface area contributed by atoms with Gasteiger partial charge in [-0.05, 0) is 44.4 Å². The topological polar surface area (TPSA) is 81.7 Å². The Bertz CT molecular complexity index is 753. The largest absolute Gasteiger partial charge is 0.490 e. The highest BCUT2D eigenvalue weighted by molar-refractivity contribution is 7.62. The first kappa shape index (κ1) is 33.2. The lowest BCUT2D eigenvalue weighted by atomic mass is 10.0. The lowest BCUT2D eigenvalue weighted by Crippen LogP contribution is -2.31. The fourth-order valence-electron chi connectivity index (χ4n) is 4.29. The van der Waals surface area contributed by atoms with Crippen molar-refractivity contribution in [3.63, 3.8) is 0 Å². The van der Waals surface area contributed by atoms with Gasteiger partial charge in [0.15, 0.2) is 0 Å². The Morgan fingerprint density at radius 2 is 1.39 bits per heavy atom. The summed E-state index contributed by atoms with van der Waals surface area (Å²) in [6, 6.07) is 5.87. The molecule has 1 aromatic rings. The molecule has 0 saturated carbocycles. The number of rotatable bonds is 17. The number of benzene rings is 1. The van der Waals surface area contributed by atoms with Crippen LogP contribution in [0.5, 0.6) is 5.75 Å². The molecule has 220 valence electrons. The van der Waals surface area contributed by atoms with Gasteiger partial charge in [0.2, 0.25) is 0 Å². The molecule has 1 saturated heterocycles. The number of unbranched alkanes of at least 4 members (excludes halogenated alkanes) is 7. The van der Waals surface area contributed by atoms with Crippen LogP contribution >= 0.6 is 7.60 Å². The second-order valence-corrected chi connectivity index (χ2v) is 11.5. The van der Waals surface area contributed by atoms with E-state index in [1.165, 1.54) is 44.9 Å². The van der Waals surface area contributed by atoms with E-state index in [0.717, 1.165) is 18.4 Å². The van der Waals surface area contributed by atoms with Crippen LogP contribution < -0.4 is 10.0 Å². The molecule has 1 unspecified atom stereocenters. The highest BCUT2D eigenvalue weighted by Gasteiger charge is 2.31. The maximum absolute atomic E-state index is 13.8. The monoisotopic (exact) mass is 558 g/mol. The van der Waals surface area contributed by atoms with E-state index >= 15 is 0 Å². The van der Waals surface area contributed by atoms with Gasteiger partial charge in [-0.2, -0.15) is 0 Å². The molecule has 1 fully saturated rings. The standard InChI is InChI=1S/C29H51O8P/c1-4-7-8-9-10-11-12-13-14-26-15-16-28(29(23-26)38(30,36-5-2)37-6-3)35-25-27-24-33-20-19-31-17-18-32-21-22-34-27/h15-16,23,27H,4-14,17-22,24-25H2,1-3H3. The molecule has 0 spiro atoms. The zero-order valence-corrected chi connectivity index (χ0v) is 24.9. The average molecular weight is 559 g/mol. The molecule has 0 N–H and O–H groups in total. The molecule has 1 atom stereocenters. The first-order valence-corrected chi connectivity index (χ1v) is 16.2. The molecule has 1 aromatic carbocycles. The predicted octanol–water partition coefficient (Wildman–Crippen LogP) is 6.09. The third kappa shape index (κ3) is 13.4. The summed E-state index contributed by atoms with van der Waals surface area (Å²) in [5.74, 6) is 0.490. The van der Waals surface area contributed by atoms with Crippen LogP contribution in [0.1, 0.15) is 77.7 Å². The maximum atomic E-state index is 13.8. The number of aryl methyl sites for hydroxylation is 1. The van der Waals surface area contributed by atoms with E-state index in [-0.39, 0.29) is 25.9 Å². The van der Waals surface area contributed by atoms with Crippen LogP contribution in [0, 0.1) is 0 Å². The van der Waals surface area contributed by atoms with E-state index in [1.807, 2.05) is 32.0 Å². The van der Waals surface area contributed by atoms with Gasteiger partial charge in [0.1, 0.15) is 23.8 Å². The Morgan fingerprint density at radius 1 is 0.789 bits per heavy atom. The maximum Gasteiger partial charge on any atom is 0.365 e. The minimum absolute atomic E-state index is 0.240. The van der Waals surface area contributed by atoms with Gasteiger partial charge in [0.05, 0.1) is 59.5 Å². The van der Waals surface area contributed by atoms with E-state index in [0.29, 0.717) is 57.3 Å². The van der Waals surface area contributed by atoms with Crippen molar-refractivity contribution in [3.8, 4) is 5.75 Å². The number of ether oxygens (including phenoxy) is 5. The Labute approximate surface area is 230 Å². The van der Waals surface area contributed by atoms with Crippen molar-refractivity contribution in [1.82, 2.24) is 0 Å². The number of hydrogen-bond acceptors (Lipinski definition) is 8. The lowest BCUT2D eigenvalue weighted by molar-refractivity contribution is -0.0773. The number of hydrogen-bond donors (Lipinski definition) is 0. The van der Waals surface area contributed by atoms with E-state index in [2.05, 4.69) is 6.92 Å². The van der Waals surface area contributed by atoms with E-state index in [4.69, 9.17) is 32.7 Å². The second kappa shape index (κ2) is 20.8. The van der Waals surface area contributed by atoms with Gasteiger partial charge in [-0.15, -0.1) is 0 Å². The molecule has 1 aliphatic rings. The van der Waals surface area contributed by atoms with E-state index < -0.39 is 7.60 Å². The summed E-state index contributed by atoms with van der Waals surface area (Å²) >= 11 is 0. The van der Waals surface area contributed by atoms with Crippen molar-refractivity contribution in [1.29, 1.82) is 0 Å². The summed E-state index contributed by atoms with van der Waals surface area (Å²) in [5.41, 5.74) is 1.11. The summed E-state index contributed by atoms with van der Waals surface area (Å²) in [7, 11) is -3.54. The van der Waals surface area contributed by atoms with Gasteiger partial charge in [0.25, 0.3) is 0 Å². The fraction of sp³-hybridized carbons (Fsp3) is 0.793. The van der Waals surface area contributed by atoms with Crippen molar-refractivity contribution in [2.45, 2.75) is 84.7 Å². The zero-order chi connectivity index (χ0) is 27.3. The molecule has 0 bridgehead atoms. The molecule has 0 amide bonds. The summed E-state index contributed by atoms with van der Waals surface area (Å²) in [6.45, 7) is 10.0. The average Bonchev–Trinajstić information content (AvgIpc) is 2.90. The highest BCUT2D eigenvalue weighted by atomic mass is 31.2. The molecular formula is C29H51O8P. The minimum atomic E-state index is -3.54. The molecular weight excluding hydrogens is 507 g/mol. The van der Waals surface area contributed by atoms with Gasteiger partial charge in [-0.1, -0.05) is 57.9 Å². The Morgan fingerprint density at radius 3 is 2.05 bits per heavy atom. The predicted molar refractivity (Wildman–Crippen MR) is 151 cm³/mol. The SMILES string of the molecule is CCCCCCCCCCc1ccc(OCC2COCCOCCOCCO2)c(P(=O)(OCC)OCC)c1. The quantitative estimate of drug-likeness (QED) is 0.168. The van der Waals surface area contributed by atoms with Crippen LogP contribution in [-0.4, -0.2) is 72.2 Å². The molecule has 1 aliphatic heterocycles. The van der Waals surface area contributed by atoms with Crippen molar-refractivity contribution in [2.75, 3.05) is 66.1 Å². The van der Waals surface area contributed by atoms with Gasteiger partial charge in [-0.25, -0.2) is 0 Å². The van der Waals surface area contributed by atoms with Gasteiger partial charge in [-0.3, -0.25) is 4.57 Å². The summed E-state index contributed by atoms with van der Waals surface area (Å²) < 4.78 is 54.0. The zero-order valence-electron chi connectivity index (χ0n) is 24.0. The fourth-order valence-corrected chi connectivity index (χ4v) is 6.05. The molecule has 0 aliphatic carbocycles. The second-order valence-electron chi connectivity index (χ2n) is 9.46. The van der Waals surface area contributed by atoms with Crippen molar-refractivity contribution >= 4 is 12.9 Å². The minimum Gasteiger partial charge on any atom is -0.490 e. The smallest absolute Gasteiger partial charge is 0.365 e. The van der Waals surface area contributed by atoms with Crippen LogP contribution in [0.4, 0.5) is 0 Å². The first-order valence-electron chi connectivity index (χ1n) is 14.6. The highest BCUT2D eigenvalue weighted by Crippen LogP contribution is 2.49. The Kier molecular flexibility index (Phi) is 18.2. The van der Waals surface area contributed by atoms with Crippen LogP contribution in [-0.2, 0) is 39.0 Å². The normalized spacial score (nSPS) is 18.0. The Hall–Kier alpha value is -0.990. The molecule has 38 heavy (non-hydrogen) atoms. The summed E-state index contributed by atoms with van der Waals surface area (Å²) in [6.07, 6.45) is 10.7. The first-order chi connectivity index (χ1) is 18.6. The third-order valence-corrected chi connectivity index (χ3v) is 8.43. The molecule has 0 radical (unpaired) electrons. The lowest BCUT2D eigenvalue weighted by Gasteiger charge is -2.23. The molecule has 8 nitrogen and oxygen atoms in total. The van der Waals surface area contributed by atoms with Gasteiger partial charge >= 0.3 is 7.60 Å². The van der Waals surface area contributed by atoms with Gasteiger partial charge < -0.3 is 32.7 Å². The van der Waals surface area contributed by atoms with Crippen molar-refractivity contribution in [3.05, 3.63) is 23.8 Å². The van der Waals surface area contributed by atoms with Crippen LogP contribution in [0.25, 0.3) is 0 Å². The Balaban J connectivity index is 2.04. The summed E-state index contributed by atoms with van der Waals surface area (Å²) in [5, 5.41) is 0.476. The van der Waals surface area contributed by atoms with Crippen molar-refractivity contribution in [2.24, 2.45) is 0 Å². The molecule has 2 rings (SSSR count).